The second-order valence-corrected chi connectivity index (χ2v) is 4.74. The molecule has 17 heavy (non-hydrogen) atoms. The van der Waals surface area contributed by atoms with Crippen LogP contribution in [-0.4, -0.2) is 71.3 Å². The first kappa shape index (κ1) is 14.2. The lowest BCUT2D eigenvalue weighted by Crippen LogP contribution is -2.54. The van der Waals surface area contributed by atoms with Gasteiger partial charge < -0.3 is 26.2 Å². The maximum Gasteiger partial charge on any atom is 0.317 e. The fourth-order valence-corrected chi connectivity index (χ4v) is 2.55. The molecule has 0 aromatic carbocycles. The third-order valence-corrected chi connectivity index (χ3v) is 3.13. The summed E-state index contributed by atoms with van der Waals surface area (Å²) in [4.78, 5) is 13.5. The van der Waals surface area contributed by atoms with E-state index in [4.69, 9.17) is 0 Å². The van der Waals surface area contributed by atoms with Crippen LogP contribution in [0.15, 0.2) is 0 Å². The van der Waals surface area contributed by atoms with E-state index in [1.54, 1.807) is 0 Å². The fraction of sp³-hybridized carbons (Fsp3) is 0.909. The van der Waals surface area contributed by atoms with Crippen molar-refractivity contribution >= 4 is 6.03 Å². The Hall–Kier alpha value is -0.850. The number of hydrogen-bond donors (Lipinski definition) is 4. The highest BCUT2D eigenvalue weighted by Gasteiger charge is 2.34. The largest absolute Gasteiger partial charge is 0.336 e. The van der Waals surface area contributed by atoms with E-state index in [9.17, 15) is 4.79 Å². The van der Waals surface area contributed by atoms with E-state index in [0.29, 0.717) is 0 Å². The van der Waals surface area contributed by atoms with E-state index >= 15 is 0 Å². The molecule has 0 bridgehead atoms. The van der Waals surface area contributed by atoms with Crippen molar-refractivity contribution in [2.45, 2.75) is 0 Å². The monoisotopic (exact) mass is 243 g/mol. The molecule has 0 aromatic rings. The Bertz CT molecular complexity index is 229. The average Bonchev–Trinajstić information content (AvgIpc) is 2.65. The number of nitrogens with zero attached hydrogens (tertiary/aromatic N) is 1. The van der Waals surface area contributed by atoms with Gasteiger partial charge in [0.1, 0.15) is 0 Å². The number of rotatable bonds is 8. The van der Waals surface area contributed by atoms with E-state index in [0.717, 1.165) is 39.3 Å². The second-order valence-electron chi connectivity index (χ2n) is 4.74. The van der Waals surface area contributed by atoms with Crippen LogP contribution < -0.4 is 21.3 Å². The lowest BCUT2D eigenvalue weighted by Gasteiger charge is -2.36. The van der Waals surface area contributed by atoms with Gasteiger partial charge in [0.05, 0.1) is 0 Å². The number of urea groups is 1. The molecule has 0 saturated carbocycles. The Morgan fingerprint density at radius 1 is 1.18 bits per heavy atom. The van der Waals surface area contributed by atoms with Crippen LogP contribution in [0.25, 0.3) is 0 Å². The zero-order valence-corrected chi connectivity index (χ0v) is 11.1. The zero-order chi connectivity index (χ0) is 12.7. The number of carbonyl (C=O) groups is 1. The second kappa shape index (κ2) is 6.78. The summed E-state index contributed by atoms with van der Waals surface area (Å²) in [5.41, 5.74) is 0.0277. The predicted molar refractivity (Wildman–Crippen MR) is 69.2 cm³/mol. The van der Waals surface area contributed by atoms with Crippen molar-refractivity contribution in [1.82, 2.24) is 26.2 Å². The van der Waals surface area contributed by atoms with Crippen molar-refractivity contribution in [1.29, 1.82) is 0 Å². The van der Waals surface area contributed by atoms with Crippen molar-refractivity contribution in [2.75, 3.05) is 60.4 Å². The minimum absolute atomic E-state index is 0.0277. The fourth-order valence-electron chi connectivity index (χ4n) is 2.55. The molecule has 1 aliphatic rings. The average molecular weight is 243 g/mol. The van der Waals surface area contributed by atoms with Gasteiger partial charge in [-0.15, -0.1) is 0 Å². The molecule has 1 rings (SSSR count). The molecule has 1 fully saturated rings. The summed E-state index contributed by atoms with van der Waals surface area (Å²) in [5.74, 6) is 0. The Balaban J connectivity index is 2.68. The highest BCUT2D eigenvalue weighted by atomic mass is 16.2. The third-order valence-electron chi connectivity index (χ3n) is 3.13. The summed E-state index contributed by atoms with van der Waals surface area (Å²) < 4.78 is 0. The molecule has 6 heteroatoms. The number of amides is 2. The molecule has 0 unspecified atom stereocenters. The molecule has 0 aromatic heterocycles. The first-order valence-corrected chi connectivity index (χ1v) is 6.14. The van der Waals surface area contributed by atoms with Gasteiger partial charge in [0, 0.05) is 44.7 Å². The summed E-state index contributed by atoms with van der Waals surface area (Å²) in [6.45, 7) is 4.95. The third kappa shape index (κ3) is 3.83. The molecule has 4 N–H and O–H groups in total. The van der Waals surface area contributed by atoms with Gasteiger partial charge >= 0.3 is 6.03 Å². The van der Waals surface area contributed by atoms with Gasteiger partial charge in [-0.3, -0.25) is 0 Å². The van der Waals surface area contributed by atoms with Gasteiger partial charge in [0.25, 0.3) is 0 Å². The highest BCUT2D eigenvalue weighted by molar-refractivity contribution is 5.76. The van der Waals surface area contributed by atoms with Gasteiger partial charge in [-0.2, -0.15) is 0 Å². The molecule has 6 nitrogen and oxygen atoms in total. The lowest BCUT2D eigenvalue weighted by atomic mass is 9.86. The van der Waals surface area contributed by atoms with Gasteiger partial charge in [0.2, 0.25) is 0 Å². The van der Waals surface area contributed by atoms with Crippen LogP contribution >= 0.6 is 0 Å². The molecule has 0 spiro atoms. The van der Waals surface area contributed by atoms with E-state index < -0.39 is 0 Å². The van der Waals surface area contributed by atoms with Crippen LogP contribution in [0, 0.1) is 5.41 Å². The lowest BCUT2D eigenvalue weighted by molar-refractivity contribution is 0.166. The molecular formula is C11H25N5O. The van der Waals surface area contributed by atoms with E-state index in [-0.39, 0.29) is 11.4 Å². The molecule has 2 amide bonds. The quantitative estimate of drug-likeness (QED) is 0.426. The van der Waals surface area contributed by atoms with E-state index in [2.05, 4.69) is 21.3 Å². The number of hydrogen-bond acceptors (Lipinski definition) is 4. The SMILES string of the molecule is CNCC(CNC)(CNC)CN1CCNC1=O. The van der Waals surface area contributed by atoms with Crippen LogP contribution in [0.2, 0.25) is 0 Å². The van der Waals surface area contributed by atoms with Crippen molar-refractivity contribution in [3.63, 3.8) is 0 Å². The van der Waals surface area contributed by atoms with Crippen molar-refractivity contribution in [3.8, 4) is 0 Å². The zero-order valence-electron chi connectivity index (χ0n) is 11.1. The van der Waals surface area contributed by atoms with Gasteiger partial charge in [-0.05, 0) is 21.1 Å². The van der Waals surface area contributed by atoms with Crippen LogP contribution in [0.1, 0.15) is 0 Å². The van der Waals surface area contributed by atoms with E-state index in [1.807, 2.05) is 26.0 Å². The molecule has 100 valence electrons. The van der Waals surface area contributed by atoms with Crippen molar-refractivity contribution in [3.05, 3.63) is 0 Å². The summed E-state index contributed by atoms with van der Waals surface area (Å²) >= 11 is 0. The first-order valence-electron chi connectivity index (χ1n) is 6.14. The van der Waals surface area contributed by atoms with Crippen molar-refractivity contribution < 1.29 is 4.79 Å². The predicted octanol–water partition coefficient (Wildman–Crippen LogP) is -1.34. The maximum atomic E-state index is 11.6. The van der Waals surface area contributed by atoms with Crippen LogP contribution in [0.5, 0.6) is 0 Å². The van der Waals surface area contributed by atoms with Crippen molar-refractivity contribution in [2.24, 2.45) is 5.41 Å². The van der Waals surface area contributed by atoms with Crippen LogP contribution in [-0.2, 0) is 0 Å². The summed E-state index contributed by atoms with van der Waals surface area (Å²) in [7, 11) is 5.85. The molecule has 1 aliphatic heterocycles. The summed E-state index contributed by atoms with van der Waals surface area (Å²) in [6.07, 6.45) is 0. The Morgan fingerprint density at radius 3 is 2.06 bits per heavy atom. The van der Waals surface area contributed by atoms with Crippen LogP contribution in [0.4, 0.5) is 4.79 Å². The molecule has 0 atom stereocenters. The standard InChI is InChI=1S/C11H25N5O/c1-12-6-11(7-13-2,8-14-3)9-16-5-4-15-10(16)17/h12-14H,4-9H2,1-3H3,(H,15,17). The highest BCUT2D eigenvalue weighted by Crippen LogP contribution is 2.17. The number of carbonyl (C=O) groups excluding carboxylic acids is 1. The Morgan fingerprint density at radius 2 is 1.71 bits per heavy atom. The topological polar surface area (TPSA) is 68.4 Å². The van der Waals surface area contributed by atoms with Gasteiger partial charge in [-0.25, -0.2) is 4.79 Å². The minimum Gasteiger partial charge on any atom is -0.336 e. The molecule has 1 heterocycles. The minimum atomic E-state index is 0.0277. The summed E-state index contributed by atoms with van der Waals surface area (Å²) in [6, 6.07) is 0.0534. The normalized spacial score (nSPS) is 16.4. The molecular weight excluding hydrogens is 218 g/mol. The van der Waals surface area contributed by atoms with Crippen LogP contribution in [0.3, 0.4) is 0 Å². The van der Waals surface area contributed by atoms with Gasteiger partial charge in [0.15, 0.2) is 0 Å². The Kier molecular flexibility index (Phi) is 5.67. The maximum absolute atomic E-state index is 11.6. The van der Waals surface area contributed by atoms with E-state index in [1.165, 1.54) is 0 Å². The molecule has 0 aliphatic carbocycles. The first-order chi connectivity index (χ1) is 8.17. The molecule has 1 saturated heterocycles. The summed E-state index contributed by atoms with van der Waals surface area (Å²) in [5, 5.41) is 12.5. The Labute approximate surface area is 104 Å². The van der Waals surface area contributed by atoms with Gasteiger partial charge in [-0.1, -0.05) is 0 Å². The smallest absolute Gasteiger partial charge is 0.317 e. The number of nitrogens with one attached hydrogen (secondary N) is 4. The molecule has 0 radical (unpaired) electrons.